The van der Waals surface area contributed by atoms with Crippen molar-refractivity contribution in [2.45, 2.75) is 45.6 Å². The Labute approximate surface area is 163 Å². The molecule has 1 saturated heterocycles. The number of halogens is 1. The molecule has 26 heavy (non-hydrogen) atoms. The van der Waals surface area contributed by atoms with Crippen LogP contribution in [0.25, 0.3) is 0 Å². The van der Waals surface area contributed by atoms with Gasteiger partial charge in [-0.05, 0) is 43.9 Å². The van der Waals surface area contributed by atoms with E-state index in [4.69, 9.17) is 11.6 Å². The van der Waals surface area contributed by atoms with E-state index in [1.165, 1.54) is 11.5 Å². The van der Waals surface area contributed by atoms with Gasteiger partial charge in [-0.15, -0.1) is 0 Å². The molecule has 1 aromatic carbocycles. The van der Waals surface area contributed by atoms with Gasteiger partial charge in [-0.25, -0.2) is 4.98 Å². The minimum Gasteiger partial charge on any atom is -0.353 e. The molecule has 5 nitrogen and oxygen atoms in total. The van der Waals surface area contributed by atoms with E-state index in [0.717, 1.165) is 53.9 Å². The molecule has 1 aliphatic heterocycles. The summed E-state index contributed by atoms with van der Waals surface area (Å²) in [6.07, 6.45) is 3.41. The number of carbonyl (C=O) groups excluding carboxylic acids is 1. The molecule has 1 aliphatic rings. The van der Waals surface area contributed by atoms with Gasteiger partial charge in [0.1, 0.15) is 5.82 Å². The average molecular weight is 393 g/mol. The summed E-state index contributed by atoms with van der Waals surface area (Å²) in [5.41, 5.74) is 1.15. The molecule has 0 bridgehead atoms. The molecule has 0 spiro atoms. The number of amides is 1. The maximum absolute atomic E-state index is 12.3. The number of nitrogens with zero attached hydrogens (tertiary/aromatic N) is 3. The largest absolute Gasteiger partial charge is 0.353 e. The highest BCUT2D eigenvalue weighted by atomic mass is 35.5. The van der Waals surface area contributed by atoms with Crippen LogP contribution in [-0.2, 0) is 11.2 Å². The molecule has 1 amide bonds. The van der Waals surface area contributed by atoms with Crippen LogP contribution >= 0.6 is 23.1 Å². The Morgan fingerprint density at radius 2 is 2.04 bits per heavy atom. The minimum atomic E-state index is 0.113. The number of anilines is 1. The lowest BCUT2D eigenvalue weighted by Crippen LogP contribution is -2.43. The Morgan fingerprint density at radius 1 is 1.35 bits per heavy atom. The lowest BCUT2D eigenvalue weighted by atomic mass is 9.96. The normalized spacial score (nSPS) is 16.5. The van der Waals surface area contributed by atoms with Crippen molar-refractivity contribution in [2.24, 2.45) is 5.92 Å². The second-order valence-electron chi connectivity index (χ2n) is 6.88. The van der Waals surface area contributed by atoms with Gasteiger partial charge < -0.3 is 10.2 Å². The van der Waals surface area contributed by atoms with E-state index in [1.54, 1.807) is 0 Å². The van der Waals surface area contributed by atoms with Gasteiger partial charge in [-0.3, -0.25) is 4.79 Å². The molecule has 0 radical (unpaired) electrons. The first-order chi connectivity index (χ1) is 12.5. The second kappa shape index (κ2) is 8.82. The fourth-order valence-corrected chi connectivity index (χ4v) is 3.89. The molecule has 1 unspecified atom stereocenters. The van der Waals surface area contributed by atoms with Crippen molar-refractivity contribution < 1.29 is 4.79 Å². The van der Waals surface area contributed by atoms with E-state index in [2.05, 4.69) is 33.4 Å². The number of hydrogen-bond acceptors (Lipinski definition) is 5. The van der Waals surface area contributed by atoms with Crippen LogP contribution in [0.2, 0.25) is 5.02 Å². The third-order valence-corrected chi connectivity index (χ3v) is 5.94. The number of carbonyl (C=O) groups is 1. The van der Waals surface area contributed by atoms with E-state index < -0.39 is 0 Å². The summed E-state index contributed by atoms with van der Waals surface area (Å²) >= 11 is 7.37. The van der Waals surface area contributed by atoms with Gasteiger partial charge in [-0.1, -0.05) is 30.7 Å². The molecule has 1 N–H and O–H groups in total. The number of piperidine rings is 1. The maximum atomic E-state index is 12.3. The Bertz CT molecular complexity index is 725. The summed E-state index contributed by atoms with van der Waals surface area (Å²) in [6.45, 7) is 5.85. The Hall–Kier alpha value is -1.66. The predicted octanol–water partition coefficient (Wildman–Crippen LogP) is 3.91. The standard InChI is InChI=1S/C19H25ClN4OS/c1-3-13(2)21-18(25)15-8-10-24(11-9-15)19-22-17(23-26-19)12-14-4-6-16(20)7-5-14/h4-7,13,15H,3,8-12H2,1-2H3,(H,21,25). The van der Waals surface area contributed by atoms with Gasteiger partial charge in [0.15, 0.2) is 0 Å². The first-order valence-corrected chi connectivity index (χ1v) is 10.3. The quantitative estimate of drug-likeness (QED) is 0.809. The topological polar surface area (TPSA) is 58.1 Å². The summed E-state index contributed by atoms with van der Waals surface area (Å²) in [5, 5.41) is 4.79. The zero-order valence-corrected chi connectivity index (χ0v) is 16.8. The number of benzene rings is 1. The van der Waals surface area contributed by atoms with Crippen LogP contribution < -0.4 is 10.2 Å². The Morgan fingerprint density at radius 3 is 2.69 bits per heavy atom. The summed E-state index contributed by atoms with van der Waals surface area (Å²) in [6, 6.07) is 8.03. The van der Waals surface area contributed by atoms with E-state index in [0.29, 0.717) is 6.42 Å². The lowest BCUT2D eigenvalue weighted by Gasteiger charge is -2.31. The molecule has 140 valence electrons. The second-order valence-corrected chi connectivity index (χ2v) is 8.04. The van der Waals surface area contributed by atoms with Crippen LogP contribution in [0.3, 0.4) is 0 Å². The summed E-state index contributed by atoms with van der Waals surface area (Å²) in [4.78, 5) is 19.2. The third-order valence-electron chi connectivity index (χ3n) is 4.87. The number of aromatic nitrogens is 2. The van der Waals surface area contributed by atoms with Crippen LogP contribution in [0.1, 0.15) is 44.5 Å². The highest BCUT2D eigenvalue weighted by molar-refractivity contribution is 7.09. The van der Waals surface area contributed by atoms with Crippen LogP contribution in [0.5, 0.6) is 0 Å². The molecule has 2 heterocycles. The fourth-order valence-electron chi connectivity index (χ4n) is 3.03. The van der Waals surface area contributed by atoms with Crippen molar-refractivity contribution in [3.8, 4) is 0 Å². The third kappa shape index (κ3) is 4.95. The zero-order chi connectivity index (χ0) is 18.5. The van der Waals surface area contributed by atoms with Crippen LogP contribution in [0.15, 0.2) is 24.3 Å². The van der Waals surface area contributed by atoms with Crippen molar-refractivity contribution in [2.75, 3.05) is 18.0 Å². The van der Waals surface area contributed by atoms with E-state index in [1.807, 2.05) is 24.3 Å². The molecule has 1 aromatic heterocycles. The Balaban J connectivity index is 1.53. The number of hydrogen-bond donors (Lipinski definition) is 1. The lowest BCUT2D eigenvalue weighted by molar-refractivity contribution is -0.126. The number of rotatable bonds is 6. The van der Waals surface area contributed by atoms with E-state index in [-0.39, 0.29) is 17.9 Å². The van der Waals surface area contributed by atoms with Gasteiger partial charge in [0.05, 0.1) is 0 Å². The van der Waals surface area contributed by atoms with Crippen molar-refractivity contribution in [1.29, 1.82) is 0 Å². The van der Waals surface area contributed by atoms with Crippen molar-refractivity contribution in [3.05, 3.63) is 40.7 Å². The van der Waals surface area contributed by atoms with Crippen molar-refractivity contribution in [1.82, 2.24) is 14.7 Å². The first-order valence-electron chi connectivity index (χ1n) is 9.17. The van der Waals surface area contributed by atoms with Crippen LogP contribution in [0, 0.1) is 5.92 Å². The summed E-state index contributed by atoms with van der Waals surface area (Å²) in [7, 11) is 0. The number of nitrogens with one attached hydrogen (secondary N) is 1. The maximum Gasteiger partial charge on any atom is 0.223 e. The molecular formula is C19H25ClN4OS. The molecule has 0 saturated carbocycles. The van der Waals surface area contributed by atoms with Gasteiger partial charge in [-0.2, -0.15) is 4.37 Å². The van der Waals surface area contributed by atoms with Gasteiger partial charge >= 0.3 is 0 Å². The van der Waals surface area contributed by atoms with Crippen LogP contribution in [-0.4, -0.2) is 34.4 Å². The van der Waals surface area contributed by atoms with Gasteiger partial charge in [0.25, 0.3) is 0 Å². The fraction of sp³-hybridized carbons (Fsp3) is 0.526. The monoisotopic (exact) mass is 392 g/mol. The zero-order valence-electron chi connectivity index (χ0n) is 15.2. The summed E-state index contributed by atoms with van der Waals surface area (Å²) in [5.74, 6) is 1.14. The molecule has 1 fully saturated rings. The van der Waals surface area contributed by atoms with Gasteiger partial charge in [0, 0.05) is 48.0 Å². The highest BCUT2D eigenvalue weighted by Crippen LogP contribution is 2.25. The molecule has 1 atom stereocenters. The van der Waals surface area contributed by atoms with E-state index in [9.17, 15) is 4.79 Å². The molecule has 7 heteroatoms. The van der Waals surface area contributed by atoms with Gasteiger partial charge in [0.2, 0.25) is 11.0 Å². The van der Waals surface area contributed by atoms with Crippen LogP contribution in [0.4, 0.5) is 5.13 Å². The van der Waals surface area contributed by atoms with Crippen molar-refractivity contribution in [3.63, 3.8) is 0 Å². The predicted molar refractivity (Wildman–Crippen MR) is 107 cm³/mol. The first kappa shape index (κ1) is 19.1. The van der Waals surface area contributed by atoms with Crippen molar-refractivity contribution >= 4 is 34.2 Å². The highest BCUT2D eigenvalue weighted by Gasteiger charge is 2.27. The minimum absolute atomic E-state index is 0.113. The smallest absolute Gasteiger partial charge is 0.223 e. The molecule has 0 aliphatic carbocycles. The SMILES string of the molecule is CCC(C)NC(=O)C1CCN(c2nc(Cc3ccc(Cl)cc3)ns2)CC1. The molecule has 2 aromatic rings. The van der Waals surface area contributed by atoms with E-state index >= 15 is 0 Å². The molecule has 3 rings (SSSR count). The molecular weight excluding hydrogens is 368 g/mol. The summed E-state index contributed by atoms with van der Waals surface area (Å²) < 4.78 is 4.49. The Kier molecular flexibility index (Phi) is 6.48. The average Bonchev–Trinajstić information content (AvgIpc) is 3.12.